The number of aryl methyl sites for hydroxylation is 1. The van der Waals surface area contributed by atoms with Gasteiger partial charge < -0.3 is 52.7 Å². The molecular formula is C49H69N7O18. The van der Waals surface area contributed by atoms with Crippen molar-refractivity contribution in [2.75, 3.05) is 48.2 Å². The van der Waals surface area contributed by atoms with Crippen molar-refractivity contribution in [3.63, 3.8) is 0 Å². The van der Waals surface area contributed by atoms with E-state index in [-0.39, 0.29) is 121 Å². The van der Waals surface area contributed by atoms with Gasteiger partial charge in [-0.2, -0.15) is 0 Å². The Labute approximate surface area is 428 Å². The smallest absolute Gasteiger partial charge is 0.308 e. The fourth-order valence-corrected chi connectivity index (χ4v) is 8.08. The normalized spacial score (nSPS) is 19.1. The first kappa shape index (κ1) is 58.4. The molecule has 4 unspecified atom stereocenters. The van der Waals surface area contributed by atoms with Crippen LogP contribution in [0.15, 0.2) is 30.5 Å². The predicted molar refractivity (Wildman–Crippen MR) is 260 cm³/mol. The number of imide groups is 1. The fraction of sp³-hybridized carbons (Fsp3) is 0.633. The highest BCUT2D eigenvalue weighted by Gasteiger charge is 2.54. The third-order valence-electron chi connectivity index (χ3n) is 12.4. The third-order valence-corrected chi connectivity index (χ3v) is 12.4. The van der Waals surface area contributed by atoms with Gasteiger partial charge in [-0.3, -0.25) is 49.0 Å². The number of benzene rings is 2. The van der Waals surface area contributed by atoms with E-state index >= 15 is 0 Å². The summed E-state index contributed by atoms with van der Waals surface area (Å²) in [4.78, 5) is 75.7. The topological polar surface area (TPSA) is 293 Å². The van der Waals surface area contributed by atoms with Gasteiger partial charge in [0.25, 0.3) is 11.4 Å². The minimum atomic E-state index is -1.99. The molecule has 1 N–H and O–H groups in total. The maximum atomic E-state index is 13.3. The summed E-state index contributed by atoms with van der Waals surface area (Å²) < 4.78 is 60.3. The monoisotopic (exact) mass is 1040 g/mol. The van der Waals surface area contributed by atoms with Crippen molar-refractivity contribution in [3.05, 3.63) is 67.5 Å². The molecule has 5 rings (SSSR count). The lowest BCUT2D eigenvalue weighted by molar-refractivity contribution is -0.386. The summed E-state index contributed by atoms with van der Waals surface area (Å²) >= 11 is 0. The molecule has 408 valence electrons. The summed E-state index contributed by atoms with van der Waals surface area (Å²) in [6.45, 7) is 13.5. The predicted octanol–water partition coefficient (Wildman–Crippen LogP) is 5.59. The van der Waals surface area contributed by atoms with Crippen LogP contribution in [0.3, 0.4) is 0 Å². The number of nitro benzene ring substituents is 2. The highest BCUT2D eigenvalue weighted by atomic mass is 16.8. The molecule has 1 aromatic heterocycles. The molecule has 0 saturated carbocycles. The molecule has 0 aliphatic carbocycles. The molecular weight excluding hydrogens is 975 g/mol. The van der Waals surface area contributed by atoms with E-state index in [1.165, 1.54) is 57.6 Å². The number of carbonyl (C=O) groups is 4. The second-order valence-electron chi connectivity index (χ2n) is 19.8. The van der Waals surface area contributed by atoms with Gasteiger partial charge >= 0.3 is 5.97 Å². The SMILES string of the molecule is COc1cc(COC2CC(OC(=O)C(C)C)C(COCc3cn(CCC(C)(C)OCC(C)(C)NC(=O)CCN4C(=O)CC(C(C)C)C4=O)nn3)(OCc3cc(OC)c(OC)cc3[N+](=O)[O-])O2)c([N+](=O)[O-])cc1OC. The standard InChI is InChI=1S/C49H69N7O18/c1-29(2)34-19-43(58)54(45(34)59)15-13-42(57)50-47(5,6)27-72-48(7,8)14-16-53-23-33(51-52-53)26-69-28-49(71-25-32-18-38(66-10)40(68-12)21-36(32)56(63)64)41(73-46(60)30(3)4)22-44(74-49)70-24-31-17-37(65-9)39(67-11)20-35(31)55(61)62/h17-18,20-21,23,29-30,34,41,44H,13-16,19,22,24-28H2,1-12H3,(H,50,57). The van der Waals surface area contributed by atoms with Gasteiger partial charge in [-0.25, -0.2) is 0 Å². The van der Waals surface area contributed by atoms with Crippen molar-refractivity contribution in [2.24, 2.45) is 17.8 Å². The Morgan fingerprint density at radius 3 is 1.99 bits per heavy atom. The van der Waals surface area contributed by atoms with Crippen LogP contribution >= 0.6 is 0 Å². The molecule has 4 atom stereocenters. The molecule has 3 aromatic rings. The van der Waals surface area contributed by atoms with E-state index in [1.807, 2.05) is 41.5 Å². The molecule has 25 heteroatoms. The van der Waals surface area contributed by atoms with E-state index in [2.05, 4.69) is 15.6 Å². The number of aromatic nitrogens is 3. The minimum absolute atomic E-state index is 0.0121. The van der Waals surface area contributed by atoms with Crippen molar-refractivity contribution in [3.8, 4) is 23.0 Å². The quantitative estimate of drug-likeness (QED) is 0.0383. The van der Waals surface area contributed by atoms with E-state index in [9.17, 15) is 39.4 Å². The van der Waals surface area contributed by atoms with Crippen molar-refractivity contribution in [1.82, 2.24) is 25.2 Å². The molecule has 74 heavy (non-hydrogen) atoms. The number of amides is 3. The number of ether oxygens (including phenoxy) is 10. The van der Waals surface area contributed by atoms with E-state index < -0.39 is 64.3 Å². The second kappa shape index (κ2) is 25.1. The van der Waals surface area contributed by atoms with Gasteiger partial charge in [-0.15, -0.1) is 5.10 Å². The van der Waals surface area contributed by atoms with Crippen molar-refractivity contribution in [1.29, 1.82) is 0 Å². The summed E-state index contributed by atoms with van der Waals surface area (Å²) in [6.07, 6.45) is -0.382. The zero-order chi connectivity index (χ0) is 54.7. The third kappa shape index (κ3) is 15.0. The summed E-state index contributed by atoms with van der Waals surface area (Å²) in [5.74, 6) is -3.80. The Bertz CT molecular complexity index is 2500. The van der Waals surface area contributed by atoms with Gasteiger partial charge in [-0.05, 0) is 52.2 Å². The summed E-state index contributed by atoms with van der Waals surface area (Å²) in [7, 11) is 5.41. The number of nitro groups is 2. The number of likely N-dealkylation sites (tertiary alicyclic amines) is 1. The van der Waals surface area contributed by atoms with E-state index in [1.54, 1.807) is 24.7 Å². The van der Waals surface area contributed by atoms with Gasteiger partial charge in [0.1, 0.15) is 12.3 Å². The first-order chi connectivity index (χ1) is 34.8. The molecule has 3 amide bonds. The van der Waals surface area contributed by atoms with Crippen molar-refractivity contribution < 1.29 is 76.4 Å². The summed E-state index contributed by atoms with van der Waals surface area (Å²) in [5, 5.41) is 35.9. The Morgan fingerprint density at radius 1 is 0.865 bits per heavy atom. The van der Waals surface area contributed by atoms with E-state index in [4.69, 9.17) is 47.4 Å². The van der Waals surface area contributed by atoms with Crippen LogP contribution in [0, 0.1) is 38.0 Å². The van der Waals surface area contributed by atoms with Crippen LogP contribution in [0.2, 0.25) is 0 Å². The number of esters is 1. The zero-order valence-electron chi connectivity index (χ0n) is 44.1. The van der Waals surface area contributed by atoms with Gasteiger partial charge in [0.15, 0.2) is 35.4 Å². The van der Waals surface area contributed by atoms with Crippen LogP contribution in [0.25, 0.3) is 0 Å². The van der Waals surface area contributed by atoms with Gasteiger partial charge in [0.05, 0.1) is 111 Å². The number of hydrogen-bond donors (Lipinski definition) is 1. The molecule has 0 radical (unpaired) electrons. The van der Waals surface area contributed by atoms with Crippen LogP contribution < -0.4 is 24.3 Å². The Hall–Kier alpha value is -6.54. The molecule has 3 heterocycles. The van der Waals surface area contributed by atoms with Crippen molar-refractivity contribution in [2.45, 2.75) is 137 Å². The molecule has 0 spiro atoms. The molecule has 2 aliphatic rings. The van der Waals surface area contributed by atoms with Crippen LogP contribution in [0.1, 0.15) is 97.9 Å². The molecule has 2 saturated heterocycles. The molecule has 0 bridgehead atoms. The number of hydrogen-bond acceptors (Lipinski definition) is 20. The van der Waals surface area contributed by atoms with Gasteiger partial charge in [-0.1, -0.05) is 32.9 Å². The maximum absolute atomic E-state index is 13.3. The zero-order valence-corrected chi connectivity index (χ0v) is 44.1. The Balaban J connectivity index is 1.28. The maximum Gasteiger partial charge on any atom is 0.308 e. The van der Waals surface area contributed by atoms with Crippen molar-refractivity contribution >= 4 is 35.1 Å². The van der Waals surface area contributed by atoms with Gasteiger partial charge in [0.2, 0.25) is 23.5 Å². The highest BCUT2D eigenvalue weighted by molar-refractivity contribution is 6.03. The summed E-state index contributed by atoms with van der Waals surface area (Å²) in [6, 6.07) is 5.15. The van der Waals surface area contributed by atoms with Crippen LogP contribution in [-0.2, 0) is 74.0 Å². The average Bonchev–Trinajstić information content (AvgIpc) is 4.03. The largest absolute Gasteiger partial charge is 0.493 e. The summed E-state index contributed by atoms with van der Waals surface area (Å²) in [5.41, 5.74) is -1.63. The minimum Gasteiger partial charge on any atom is -0.493 e. The Morgan fingerprint density at radius 2 is 1.45 bits per heavy atom. The first-order valence-corrected chi connectivity index (χ1v) is 24.0. The molecule has 2 fully saturated rings. The lowest BCUT2D eigenvalue weighted by Crippen LogP contribution is -2.49. The van der Waals surface area contributed by atoms with E-state index in [0.717, 1.165) is 0 Å². The number of methoxy groups -OCH3 is 4. The second-order valence-corrected chi connectivity index (χ2v) is 19.8. The molecule has 2 aromatic carbocycles. The van der Waals surface area contributed by atoms with Crippen LogP contribution in [0.4, 0.5) is 11.4 Å². The highest BCUT2D eigenvalue weighted by Crippen LogP contribution is 2.41. The first-order valence-electron chi connectivity index (χ1n) is 24.0. The molecule has 25 nitrogen and oxygen atoms in total. The van der Waals surface area contributed by atoms with Gasteiger partial charge in [0, 0.05) is 38.3 Å². The lowest BCUT2D eigenvalue weighted by atomic mass is 9.94. The number of nitrogens with one attached hydrogen (secondary N) is 1. The van der Waals surface area contributed by atoms with E-state index in [0.29, 0.717) is 18.7 Å². The number of nitrogens with zero attached hydrogens (tertiary/aromatic N) is 6. The fourth-order valence-electron chi connectivity index (χ4n) is 8.08. The lowest BCUT2D eigenvalue weighted by Gasteiger charge is -2.33. The van der Waals surface area contributed by atoms with Crippen LogP contribution in [0.5, 0.6) is 23.0 Å². The number of rotatable bonds is 29. The molecule has 2 aliphatic heterocycles. The van der Waals surface area contributed by atoms with Crippen LogP contribution in [-0.4, -0.2) is 131 Å². The number of carbonyl (C=O) groups excluding carboxylic acids is 4. The Kier molecular flexibility index (Phi) is 19.8. The average molecular weight is 1040 g/mol.